The molecule has 2 nitrogen and oxygen atoms in total. The van der Waals surface area contributed by atoms with E-state index in [1.165, 1.54) is 11.3 Å². The molecule has 0 saturated carbocycles. The highest BCUT2D eigenvalue weighted by molar-refractivity contribution is 9.10. The lowest BCUT2D eigenvalue weighted by molar-refractivity contribution is 1.16. The number of aryl methyl sites for hydroxylation is 1. The molecule has 0 aliphatic carbocycles. The Kier molecular flexibility index (Phi) is 3.14. The van der Waals surface area contributed by atoms with E-state index in [0.717, 1.165) is 26.9 Å². The van der Waals surface area contributed by atoms with E-state index in [4.69, 9.17) is 23.2 Å². The summed E-state index contributed by atoms with van der Waals surface area (Å²) in [5.41, 5.74) is 3.75. The van der Waals surface area contributed by atoms with Gasteiger partial charge in [-0.05, 0) is 40.5 Å². The zero-order valence-electron chi connectivity index (χ0n) is 9.25. The zero-order chi connectivity index (χ0) is 12.9. The van der Waals surface area contributed by atoms with Crippen molar-refractivity contribution in [2.45, 2.75) is 6.92 Å². The van der Waals surface area contributed by atoms with Gasteiger partial charge in [0.25, 0.3) is 0 Å². The molecule has 0 radical (unpaired) electrons. The molecule has 0 unspecified atom stereocenters. The minimum absolute atomic E-state index is 0.666. The Morgan fingerprint density at radius 3 is 2.72 bits per heavy atom. The van der Waals surface area contributed by atoms with E-state index in [1.807, 2.05) is 35.9 Å². The number of halogens is 3. The van der Waals surface area contributed by atoms with Crippen molar-refractivity contribution in [2.75, 3.05) is 0 Å². The Labute approximate surface area is 126 Å². The summed E-state index contributed by atoms with van der Waals surface area (Å²) in [7, 11) is 0. The van der Waals surface area contributed by atoms with Gasteiger partial charge < -0.3 is 4.40 Å². The Morgan fingerprint density at radius 1 is 1.28 bits per heavy atom. The first-order valence-corrected chi connectivity index (χ1v) is 7.51. The number of hydrogen-bond donors (Lipinski definition) is 0. The van der Waals surface area contributed by atoms with E-state index in [2.05, 4.69) is 20.9 Å². The Hall–Kier alpha value is -0.550. The summed E-state index contributed by atoms with van der Waals surface area (Å²) < 4.78 is 4.35. The SMILES string of the molecule is Cc1cc2nc(-c3cc(Cl)sc3Cl)cn2cc1Br. The first-order valence-electron chi connectivity index (χ1n) is 5.14. The maximum atomic E-state index is 6.15. The number of thiophene rings is 1. The third-order valence-electron chi connectivity index (χ3n) is 2.67. The largest absolute Gasteiger partial charge is 0.305 e. The number of rotatable bonds is 1. The molecular formula is C12H7BrCl2N2S. The van der Waals surface area contributed by atoms with E-state index in [9.17, 15) is 0 Å². The van der Waals surface area contributed by atoms with Gasteiger partial charge in [-0.3, -0.25) is 0 Å². The first-order chi connectivity index (χ1) is 8.54. The molecule has 0 N–H and O–H groups in total. The molecule has 3 aromatic heterocycles. The van der Waals surface area contributed by atoms with Crippen molar-refractivity contribution in [3.63, 3.8) is 0 Å². The van der Waals surface area contributed by atoms with E-state index in [0.29, 0.717) is 8.67 Å². The number of hydrogen-bond acceptors (Lipinski definition) is 2. The molecule has 0 aliphatic heterocycles. The van der Waals surface area contributed by atoms with Gasteiger partial charge in [0.2, 0.25) is 0 Å². The predicted octanol–water partition coefficient (Wildman–Crippen LogP) is 5.44. The predicted molar refractivity (Wildman–Crippen MR) is 81.0 cm³/mol. The number of nitrogens with zero attached hydrogens (tertiary/aromatic N) is 2. The van der Waals surface area contributed by atoms with Crippen molar-refractivity contribution in [2.24, 2.45) is 0 Å². The fourth-order valence-electron chi connectivity index (χ4n) is 1.75. The molecule has 3 aromatic rings. The summed E-state index contributed by atoms with van der Waals surface area (Å²) in [6.45, 7) is 2.03. The normalized spacial score (nSPS) is 11.3. The summed E-state index contributed by atoms with van der Waals surface area (Å²) in [5.74, 6) is 0. The van der Waals surface area contributed by atoms with Crippen LogP contribution in [-0.2, 0) is 0 Å². The topological polar surface area (TPSA) is 17.3 Å². The fourth-order valence-corrected chi connectivity index (χ4v) is 3.57. The van der Waals surface area contributed by atoms with Crippen molar-refractivity contribution in [1.29, 1.82) is 0 Å². The average Bonchev–Trinajstić information content (AvgIpc) is 2.82. The van der Waals surface area contributed by atoms with Crippen LogP contribution in [0.3, 0.4) is 0 Å². The van der Waals surface area contributed by atoms with Crippen LogP contribution in [0.2, 0.25) is 8.67 Å². The van der Waals surface area contributed by atoms with Crippen molar-refractivity contribution >= 4 is 56.1 Å². The molecule has 0 aliphatic rings. The van der Waals surface area contributed by atoms with Crippen LogP contribution in [0.1, 0.15) is 5.56 Å². The summed E-state index contributed by atoms with van der Waals surface area (Å²) in [6, 6.07) is 3.87. The molecule has 0 aromatic carbocycles. The van der Waals surface area contributed by atoms with Gasteiger partial charge in [0, 0.05) is 22.4 Å². The van der Waals surface area contributed by atoms with Crippen molar-refractivity contribution in [1.82, 2.24) is 9.38 Å². The van der Waals surface area contributed by atoms with Crippen molar-refractivity contribution in [3.8, 4) is 11.3 Å². The Balaban J connectivity index is 2.22. The third-order valence-corrected chi connectivity index (χ3v) is 4.99. The van der Waals surface area contributed by atoms with Crippen molar-refractivity contribution < 1.29 is 0 Å². The number of fused-ring (bicyclic) bond motifs is 1. The quantitative estimate of drug-likeness (QED) is 0.564. The molecule has 3 rings (SSSR count). The molecule has 0 fully saturated rings. The van der Waals surface area contributed by atoms with Gasteiger partial charge in [0.05, 0.1) is 10.0 Å². The van der Waals surface area contributed by atoms with Crippen LogP contribution in [0.5, 0.6) is 0 Å². The Bertz CT molecular complexity index is 709. The van der Waals surface area contributed by atoms with E-state index >= 15 is 0 Å². The summed E-state index contributed by atoms with van der Waals surface area (Å²) in [6.07, 6.45) is 3.94. The lowest BCUT2D eigenvalue weighted by Gasteiger charge is -1.98. The van der Waals surface area contributed by atoms with Crippen LogP contribution in [0.15, 0.2) is 29.0 Å². The maximum absolute atomic E-state index is 6.15. The molecular weight excluding hydrogens is 355 g/mol. The van der Waals surface area contributed by atoms with Crippen LogP contribution in [0.4, 0.5) is 0 Å². The standard InChI is InChI=1S/C12H7BrCl2N2S/c1-6-2-11-16-9(5-17(11)4-8(6)13)7-3-10(14)18-12(7)15/h2-5H,1H3. The summed E-state index contributed by atoms with van der Waals surface area (Å²) in [5, 5.41) is 0. The first kappa shape index (κ1) is 12.5. The van der Waals surface area contributed by atoms with E-state index in [-0.39, 0.29) is 0 Å². The third kappa shape index (κ3) is 2.07. The maximum Gasteiger partial charge on any atom is 0.137 e. The zero-order valence-corrected chi connectivity index (χ0v) is 13.2. The van der Waals surface area contributed by atoms with Crippen molar-refractivity contribution in [3.05, 3.63) is 43.2 Å². The average molecular weight is 362 g/mol. The van der Waals surface area contributed by atoms with E-state index in [1.54, 1.807) is 0 Å². The van der Waals surface area contributed by atoms with Gasteiger partial charge in [-0.15, -0.1) is 11.3 Å². The smallest absolute Gasteiger partial charge is 0.137 e. The highest BCUT2D eigenvalue weighted by Crippen LogP contribution is 2.37. The van der Waals surface area contributed by atoms with Gasteiger partial charge in [-0.2, -0.15) is 0 Å². The van der Waals surface area contributed by atoms with Gasteiger partial charge >= 0.3 is 0 Å². The molecule has 18 heavy (non-hydrogen) atoms. The van der Waals surface area contributed by atoms with Gasteiger partial charge in [0.1, 0.15) is 9.98 Å². The highest BCUT2D eigenvalue weighted by atomic mass is 79.9. The molecule has 0 bridgehead atoms. The van der Waals surface area contributed by atoms with E-state index < -0.39 is 0 Å². The number of aromatic nitrogens is 2. The second-order valence-electron chi connectivity index (χ2n) is 3.93. The molecule has 92 valence electrons. The monoisotopic (exact) mass is 360 g/mol. The van der Waals surface area contributed by atoms with Crippen LogP contribution >= 0.6 is 50.5 Å². The second-order valence-corrected chi connectivity index (χ2v) is 7.07. The molecule has 6 heteroatoms. The molecule has 0 amide bonds. The summed E-state index contributed by atoms with van der Waals surface area (Å²) >= 11 is 17.0. The molecule has 0 saturated heterocycles. The van der Waals surface area contributed by atoms with Gasteiger partial charge in [0.15, 0.2) is 0 Å². The lowest BCUT2D eigenvalue weighted by Crippen LogP contribution is -1.85. The highest BCUT2D eigenvalue weighted by Gasteiger charge is 2.12. The molecule has 3 heterocycles. The summed E-state index contributed by atoms with van der Waals surface area (Å²) in [4.78, 5) is 4.56. The van der Waals surface area contributed by atoms with Gasteiger partial charge in [-0.1, -0.05) is 23.2 Å². The van der Waals surface area contributed by atoms with Crippen LogP contribution in [-0.4, -0.2) is 9.38 Å². The van der Waals surface area contributed by atoms with Crippen LogP contribution in [0, 0.1) is 6.92 Å². The molecule has 0 spiro atoms. The fraction of sp³-hybridized carbons (Fsp3) is 0.0833. The minimum Gasteiger partial charge on any atom is -0.305 e. The Morgan fingerprint density at radius 2 is 2.06 bits per heavy atom. The lowest BCUT2D eigenvalue weighted by atomic mass is 10.3. The van der Waals surface area contributed by atoms with Gasteiger partial charge in [-0.25, -0.2) is 4.98 Å². The minimum atomic E-state index is 0.666. The number of imidazole rings is 1. The molecule has 0 atom stereocenters. The number of pyridine rings is 1. The second kappa shape index (κ2) is 4.53. The van der Waals surface area contributed by atoms with Crippen LogP contribution < -0.4 is 0 Å². The van der Waals surface area contributed by atoms with Crippen LogP contribution in [0.25, 0.3) is 16.9 Å².